The lowest BCUT2D eigenvalue weighted by Crippen LogP contribution is -2.06. The lowest BCUT2D eigenvalue weighted by Gasteiger charge is -1.97. The van der Waals surface area contributed by atoms with Crippen LogP contribution in [0.4, 0.5) is 0 Å². The Labute approximate surface area is 58.4 Å². The van der Waals surface area contributed by atoms with E-state index in [2.05, 4.69) is 16.4 Å². The van der Waals surface area contributed by atoms with Crippen molar-refractivity contribution in [1.82, 2.24) is 0 Å². The number of rotatable bonds is 4. The van der Waals surface area contributed by atoms with Crippen LogP contribution in [0.2, 0.25) is 0 Å². The van der Waals surface area contributed by atoms with Crippen molar-refractivity contribution < 1.29 is 19.4 Å². The van der Waals surface area contributed by atoms with Crippen LogP contribution in [0.1, 0.15) is 13.3 Å². The second kappa shape index (κ2) is 4.55. The highest BCUT2D eigenvalue weighted by Gasteiger charge is 2.06. The zero-order valence-corrected chi connectivity index (χ0v) is 5.62. The number of carbonyl (C=O) groups is 2. The van der Waals surface area contributed by atoms with E-state index in [0.717, 1.165) is 0 Å². The van der Waals surface area contributed by atoms with Gasteiger partial charge in [0, 0.05) is 5.57 Å². The van der Waals surface area contributed by atoms with Crippen LogP contribution in [-0.2, 0) is 19.4 Å². The van der Waals surface area contributed by atoms with Gasteiger partial charge in [0.2, 0.25) is 0 Å². The van der Waals surface area contributed by atoms with Crippen LogP contribution in [0.5, 0.6) is 0 Å². The van der Waals surface area contributed by atoms with E-state index in [9.17, 15) is 9.59 Å². The first-order chi connectivity index (χ1) is 4.72. The predicted octanol–water partition coefficient (Wildman–Crippen LogP) is 0.584. The molecule has 0 N–H and O–H groups in total. The molecule has 0 rings (SSSR count). The summed E-state index contributed by atoms with van der Waals surface area (Å²) in [6.45, 7) is 5.12. The lowest BCUT2D eigenvalue weighted by atomic mass is 10.2. The Morgan fingerprint density at radius 2 is 2.30 bits per heavy atom. The SMILES string of the molecule is C=C(CC)C(=O)OOC=O. The third-order valence-corrected chi connectivity index (χ3v) is 0.879. The van der Waals surface area contributed by atoms with Gasteiger partial charge in [-0.3, -0.25) is 9.68 Å². The van der Waals surface area contributed by atoms with Crippen LogP contribution in [-0.4, -0.2) is 12.4 Å². The van der Waals surface area contributed by atoms with Gasteiger partial charge in [0.1, 0.15) is 0 Å². The fraction of sp³-hybridized carbons (Fsp3) is 0.333. The van der Waals surface area contributed by atoms with Crippen molar-refractivity contribution in [3.63, 3.8) is 0 Å². The predicted molar refractivity (Wildman–Crippen MR) is 32.7 cm³/mol. The van der Waals surface area contributed by atoms with Gasteiger partial charge in [-0.1, -0.05) is 13.5 Å². The molecule has 0 aromatic carbocycles. The highest BCUT2D eigenvalue weighted by atomic mass is 17.2. The fourth-order valence-corrected chi connectivity index (χ4v) is 0.267. The molecule has 0 spiro atoms. The number of carbonyl (C=O) groups excluding carboxylic acids is 2. The zero-order valence-electron chi connectivity index (χ0n) is 5.62. The molecule has 56 valence electrons. The minimum Gasteiger partial charge on any atom is -0.251 e. The summed E-state index contributed by atoms with van der Waals surface area (Å²) < 4.78 is 0. The van der Waals surface area contributed by atoms with Crippen LogP contribution in [0.15, 0.2) is 12.2 Å². The molecule has 4 heteroatoms. The summed E-state index contributed by atoms with van der Waals surface area (Å²) in [5, 5.41) is 0. The molecular weight excluding hydrogens is 136 g/mol. The highest BCUT2D eigenvalue weighted by molar-refractivity contribution is 5.87. The monoisotopic (exact) mass is 144 g/mol. The van der Waals surface area contributed by atoms with Gasteiger partial charge < -0.3 is 0 Å². The van der Waals surface area contributed by atoms with Crippen molar-refractivity contribution in [2.45, 2.75) is 13.3 Å². The first-order valence-electron chi connectivity index (χ1n) is 2.71. The average Bonchev–Trinajstić information content (AvgIpc) is 1.98. The molecule has 0 saturated carbocycles. The van der Waals surface area contributed by atoms with E-state index in [-0.39, 0.29) is 12.0 Å². The third kappa shape index (κ3) is 2.86. The van der Waals surface area contributed by atoms with Gasteiger partial charge in [-0.15, -0.1) is 0 Å². The van der Waals surface area contributed by atoms with Gasteiger partial charge in [-0.2, -0.15) is 0 Å². The smallest absolute Gasteiger partial charge is 0.251 e. The second-order valence-corrected chi connectivity index (χ2v) is 1.52. The molecule has 10 heavy (non-hydrogen) atoms. The Kier molecular flexibility index (Phi) is 3.95. The minimum atomic E-state index is -0.713. The fourth-order valence-electron chi connectivity index (χ4n) is 0.267. The maximum Gasteiger partial charge on any atom is 0.381 e. The molecule has 0 heterocycles. The van der Waals surface area contributed by atoms with Crippen LogP contribution in [0, 0.1) is 0 Å². The Hall–Kier alpha value is -1.32. The molecule has 0 aromatic heterocycles. The molecule has 0 unspecified atom stereocenters. The van der Waals surface area contributed by atoms with E-state index in [4.69, 9.17) is 0 Å². The third-order valence-electron chi connectivity index (χ3n) is 0.879. The quantitative estimate of drug-likeness (QED) is 0.251. The van der Waals surface area contributed by atoms with Crippen LogP contribution < -0.4 is 0 Å². The van der Waals surface area contributed by atoms with Crippen molar-refractivity contribution in [2.75, 3.05) is 0 Å². The van der Waals surface area contributed by atoms with E-state index >= 15 is 0 Å². The van der Waals surface area contributed by atoms with E-state index in [1.54, 1.807) is 6.92 Å². The molecule has 0 radical (unpaired) electrons. The first-order valence-corrected chi connectivity index (χ1v) is 2.71. The average molecular weight is 144 g/mol. The van der Waals surface area contributed by atoms with Crippen LogP contribution in [0.25, 0.3) is 0 Å². The molecule has 0 aliphatic rings. The summed E-state index contributed by atoms with van der Waals surface area (Å²) in [7, 11) is 0. The Morgan fingerprint density at radius 1 is 1.70 bits per heavy atom. The van der Waals surface area contributed by atoms with Crippen LogP contribution in [0.3, 0.4) is 0 Å². The van der Waals surface area contributed by atoms with Crippen LogP contribution >= 0.6 is 0 Å². The largest absolute Gasteiger partial charge is 0.381 e. The van der Waals surface area contributed by atoms with Crippen molar-refractivity contribution in [2.24, 2.45) is 0 Å². The van der Waals surface area contributed by atoms with Gasteiger partial charge in [-0.05, 0) is 6.42 Å². The van der Waals surface area contributed by atoms with Gasteiger partial charge in [0.15, 0.2) is 0 Å². The standard InChI is InChI=1S/C6H8O4/c1-3-5(2)6(8)10-9-4-7/h4H,2-3H2,1H3. The zero-order chi connectivity index (χ0) is 7.98. The summed E-state index contributed by atoms with van der Waals surface area (Å²) in [6, 6.07) is 0. The van der Waals surface area contributed by atoms with Crippen molar-refractivity contribution in [1.29, 1.82) is 0 Å². The molecule has 0 aliphatic heterocycles. The van der Waals surface area contributed by atoms with Gasteiger partial charge >= 0.3 is 12.4 Å². The molecule has 0 saturated heterocycles. The molecule has 0 amide bonds. The van der Waals surface area contributed by atoms with Crippen molar-refractivity contribution in [3.05, 3.63) is 12.2 Å². The van der Waals surface area contributed by atoms with E-state index in [0.29, 0.717) is 6.42 Å². The second-order valence-electron chi connectivity index (χ2n) is 1.52. The number of hydrogen-bond donors (Lipinski definition) is 0. The van der Waals surface area contributed by atoms with Gasteiger partial charge in [-0.25, -0.2) is 9.68 Å². The highest BCUT2D eigenvalue weighted by Crippen LogP contribution is 1.98. The maximum atomic E-state index is 10.5. The van der Waals surface area contributed by atoms with Gasteiger partial charge in [0.25, 0.3) is 0 Å². The van der Waals surface area contributed by atoms with E-state index < -0.39 is 5.97 Å². The first kappa shape index (κ1) is 8.68. The Bertz CT molecular complexity index is 150. The van der Waals surface area contributed by atoms with Crippen molar-refractivity contribution in [3.8, 4) is 0 Å². The topological polar surface area (TPSA) is 52.6 Å². The molecule has 4 nitrogen and oxygen atoms in total. The minimum absolute atomic E-state index is 0.0286. The molecule has 0 bridgehead atoms. The molecule has 0 aromatic rings. The number of hydrogen-bond acceptors (Lipinski definition) is 4. The summed E-state index contributed by atoms with van der Waals surface area (Å²) in [5.41, 5.74) is 0.266. The summed E-state index contributed by atoms with van der Waals surface area (Å²) in [6.07, 6.45) is 0.473. The normalized spacial score (nSPS) is 8.10. The molecular formula is C6H8O4. The van der Waals surface area contributed by atoms with Crippen molar-refractivity contribution >= 4 is 12.4 Å². The Balaban J connectivity index is 3.62. The summed E-state index contributed by atoms with van der Waals surface area (Å²) >= 11 is 0. The summed E-state index contributed by atoms with van der Waals surface area (Å²) in [4.78, 5) is 27.7. The molecule has 0 fully saturated rings. The lowest BCUT2D eigenvalue weighted by molar-refractivity contribution is -0.244. The summed E-state index contributed by atoms with van der Waals surface area (Å²) in [5.74, 6) is -0.713. The maximum absolute atomic E-state index is 10.5. The Morgan fingerprint density at radius 3 is 2.70 bits per heavy atom. The van der Waals surface area contributed by atoms with E-state index in [1.165, 1.54) is 0 Å². The van der Waals surface area contributed by atoms with E-state index in [1.807, 2.05) is 0 Å². The molecule has 0 atom stereocenters. The molecule has 0 aliphatic carbocycles. The van der Waals surface area contributed by atoms with Gasteiger partial charge in [0.05, 0.1) is 0 Å².